The molecule has 0 amide bonds. The molecule has 4 rings (SSSR count). The largest absolute Gasteiger partial charge is 0.103 e. The van der Waals surface area contributed by atoms with Crippen LogP contribution in [0.5, 0.6) is 0 Å². The molecule has 4 saturated carbocycles. The Bertz CT molecular complexity index is 425. The van der Waals surface area contributed by atoms with Gasteiger partial charge in [-0.2, -0.15) is 0 Å². The molecule has 0 N–H and O–H groups in total. The molecular formula is C24H40. The van der Waals surface area contributed by atoms with Gasteiger partial charge < -0.3 is 0 Å². The monoisotopic (exact) mass is 328 g/mol. The molecule has 0 radical (unpaired) electrons. The van der Waals surface area contributed by atoms with E-state index < -0.39 is 0 Å². The van der Waals surface area contributed by atoms with Crippen LogP contribution in [0, 0.1) is 22.2 Å². The van der Waals surface area contributed by atoms with Crippen molar-refractivity contribution in [3.8, 4) is 0 Å². The van der Waals surface area contributed by atoms with Crippen LogP contribution in [0.4, 0.5) is 0 Å². The quantitative estimate of drug-likeness (QED) is 0.314. The summed E-state index contributed by atoms with van der Waals surface area (Å²) in [5.74, 6) is 1.10. The van der Waals surface area contributed by atoms with E-state index in [0.717, 1.165) is 22.2 Å². The molecule has 0 bridgehead atoms. The molecule has 4 fully saturated rings. The van der Waals surface area contributed by atoms with Gasteiger partial charge in [0.1, 0.15) is 0 Å². The number of allylic oxidation sites excluding steroid dienone is 1. The number of hydrogen-bond donors (Lipinski definition) is 0. The van der Waals surface area contributed by atoms with E-state index in [1.54, 1.807) is 77.0 Å². The molecule has 0 saturated heterocycles. The SMILES string of the molecule is C=CCCCCC1(C2(C3(C4CCCCC4)CCCC3)CCC2)CC1. The first-order valence-electron chi connectivity index (χ1n) is 11.4. The van der Waals surface area contributed by atoms with Gasteiger partial charge in [-0.15, -0.1) is 6.58 Å². The van der Waals surface area contributed by atoms with Crippen molar-refractivity contribution >= 4 is 0 Å². The molecule has 4 aliphatic rings. The maximum absolute atomic E-state index is 3.92. The van der Waals surface area contributed by atoms with Gasteiger partial charge in [0.2, 0.25) is 0 Å². The van der Waals surface area contributed by atoms with E-state index in [9.17, 15) is 0 Å². The van der Waals surface area contributed by atoms with Crippen molar-refractivity contribution in [2.75, 3.05) is 0 Å². The second-order valence-electron chi connectivity index (χ2n) is 9.95. The number of rotatable bonds is 8. The zero-order chi connectivity index (χ0) is 16.5. The highest BCUT2D eigenvalue weighted by molar-refractivity contribution is 5.19. The lowest BCUT2D eigenvalue weighted by Gasteiger charge is -2.63. The lowest BCUT2D eigenvalue weighted by molar-refractivity contribution is -0.144. The molecule has 0 nitrogen and oxygen atoms in total. The first-order valence-corrected chi connectivity index (χ1v) is 11.4. The van der Waals surface area contributed by atoms with Crippen LogP contribution in [-0.2, 0) is 0 Å². The van der Waals surface area contributed by atoms with Gasteiger partial charge in [-0.05, 0) is 92.8 Å². The van der Waals surface area contributed by atoms with Gasteiger partial charge >= 0.3 is 0 Å². The maximum Gasteiger partial charge on any atom is -0.0182 e. The minimum Gasteiger partial charge on any atom is -0.103 e. The fourth-order valence-electron chi connectivity index (χ4n) is 7.90. The summed E-state index contributed by atoms with van der Waals surface area (Å²) in [4.78, 5) is 0. The van der Waals surface area contributed by atoms with Crippen molar-refractivity contribution in [3.05, 3.63) is 12.7 Å². The Hall–Kier alpha value is -0.260. The van der Waals surface area contributed by atoms with E-state index in [1.807, 2.05) is 0 Å². The van der Waals surface area contributed by atoms with Crippen LogP contribution < -0.4 is 0 Å². The third kappa shape index (κ3) is 2.53. The van der Waals surface area contributed by atoms with Crippen molar-refractivity contribution in [1.29, 1.82) is 0 Å². The highest BCUT2D eigenvalue weighted by atomic mass is 14.7. The van der Waals surface area contributed by atoms with Crippen molar-refractivity contribution in [3.63, 3.8) is 0 Å². The van der Waals surface area contributed by atoms with Crippen LogP contribution in [0.3, 0.4) is 0 Å². The van der Waals surface area contributed by atoms with Gasteiger partial charge in [-0.25, -0.2) is 0 Å². The summed E-state index contributed by atoms with van der Waals surface area (Å²) >= 11 is 0. The predicted molar refractivity (Wildman–Crippen MR) is 104 cm³/mol. The van der Waals surface area contributed by atoms with Gasteiger partial charge in [0, 0.05) is 0 Å². The number of unbranched alkanes of at least 4 members (excludes halogenated alkanes) is 2. The van der Waals surface area contributed by atoms with Crippen molar-refractivity contribution in [1.82, 2.24) is 0 Å². The third-order valence-electron chi connectivity index (χ3n) is 9.22. The maximum atomic E-state index is 3.92. The van der Waals surface area contributed by atoms with Gasteiger partial charge in [-0.1, -0.05) is 51.0 Å². The van der Waals surface area contributed by atoms with E-state index in [1.165, 1.54) is 38.5 Å². The van der Waals surface area contributed by atoms with Gasteiger partial charge in [-0.3, -0.25) is 0 Å². The molecule has 0 unspecified atom stereocenters. The topological polar surface area (TPSA) is 0 Å². The van der Waals surface area contributed by atoms with E-state index in [0.29, 0.717) is 0 Å². The average Bonchev–Trinajstić information content (AvgIpc) is 3.18. The summed E-state index contributed by atoms with van der Waals surface area (Å²) in [6.07, 6.45) is 29.7. The van der Waals surface area contributed by atoms with Gasteiger partial charge in [0.25, 0.3) is 0 Å². The zero-order valence-electron chi connectivity index (χ0n) is 16.1. The summed E-state index contributed by atoms with van der Waals surface area (Å²) in [5, 5.41) is 0. The Balaban J connectivity index is 1.56. The highest BCUT2D eigenvalue weighted by Gasteiger charge is 2.70. The van der Waals surface area contributed by atoms with Crippen LogP contribution in [0.2, 0.25) is 0 Å². The van der Waals surface area contributed by atoms with Crippen molar-refractivity contribution in [2.24, 2.45) is 22.2 Å². The Labute approximate surface area is 150 Å². The standard InChI is InChI=1S/C24H40/c1-2-3-4-8-14-22(19-20-22)24(17-11-18-24)23(15-9-10-16-23)21-12-6-5-7-13-21/h2,21H,1,3-20H2. The normalized spacial score (nSPS) is 30.7. The highest BCUT2D eigenvalue weighted by Crippen LogP contribution is 2.79. The van der Waals surface area contributed by atoms with Gasteiger partial charge in [0.05, 0.1) is 0 Å². The molecule has 0 heterocycles. The molecule has 0 aromatic heterocycles. The minimum absolute atomic E-state index is 0.778. The molecule has 0 aromatic carbocycles. The molecule has 0 atom stereocenters. The lowest BCUT2D eigenvalue weighted by atomic mass is 9.41. The molecule has 0 aromatic rings. The van der Waals surface area contributed by atoms with Crippen molar-refractivity contribution < 1.29 is 0 Å². The second-order valence-corrected chi connectivity index (χ2v) is 9.95. The second kappa shape index (κ2) is 6.81. The average molecular weight is 329 g/mol. The third-order valence-corrected chi connectivity index (χ3v) is 9.22. The van der Waals surface area contributed by atoms with Gasteiger partial charge in [0.15, 0.2) is 0 Å². The molecule has 0 spiro atoms. The minimum atomic E-state index is 0.778. The first-order chi connectivity index (χ1) is 11.8. The molecule has 0 heteroatoms. The van der Waals surface area contributed by atoms with Crippen LogP contribution in [0.1, 0.15) is 116 Å². The Morgan fingerprint density at radius 3 is 2.00 bits per heavy atom. The fourth-order valence-corrected chi connectivity index (χ4v) is 7.90. The van der Waals surface area contributed by atoms with E-state index >= 15 is 0 Å². The van der Waals surface area contributed by atoms with Crippen molar-refractivity contribution in [2.45, 2.75) is 116 Å². The summed E-state index contributed by atoms with van der Waals surface area (Å²) in [6, 6.07) is 0. The van der Waals surface area contributed by atoms with Crippen LogP contribution in [0.25, 0.3) is 0 Å². The first kappa shape index (κ1) is 17.2. The molecule has 4 aliphatic carbocycles. The summed E-state index contributed by atoms with van der Waals surface area (Å²) in [6.45, 7) is 3.92. The summed E-state index contributed by atoms with van der Waals surface area (Å²) in [7, 11) is 0. The Morgan fingerprint density at radius 1 is 0.750 bits per heavy atom. The van der Waals surface area contributed by atoms with E-state index in [4.69, 9.17) is 0 Å². The molecule has 136 valence electrons. The van der Waals surface area contributed by atoms with Crippen LogP contribution in [0.15, 0.2) is 12.7 Å². The fraction of sp³-hybridized carbons (Fsp3) is 0.917. The lowest BCUT2D eigenvalue weighted by Crippen LogP contribution is -2.55. The Kier molecular flexibility index (Phi) is 4.87. The molecule has 0 aliphatic heterocycles. The zero-order valence-corrected chi connectivity index (χ0v) is 16.1. The molecular weight excluding hydrogens is 288 g/mol. The molecule has 24 heavy (non-hydrogen) atoms. The Morgan fingerprint density at radius 2 is 1.46 bits per heavy atom. The van der Waals surface area contributed by atoms with Crippen LogP contribution in [-0.4, -0.2) is 0 Å². The van der Waals surface area contributed by atoms with E-state index in [-0.39, 0.29) is 0 Å². The van der Waals surface area contributed by atoms with E-state index in [2.05, 4.69) is 12.7 Å². The summed E-state index contributed by atoms with van der Waals surface area (Å²) in [5.41, 5.74) is 2.35. The summed E-state index contributed by atoms with van der Waals surface area (Å²) < 4.78 is 0. The smallest absolute Gasteiger partial charge is 0.0182 e. The van der Waals surface area contributed by atoms with Crippen LogP contribution >= 0.6 is 0 Å². The number of hydrogen-bond acceptors (Lipinski definition) is 0. The predicted octanol–water partition coefficient (Wildman–Crippen LogP) is 7.82.